The summed E-state index contributed by atoms with van der Waals surface area (Å²) in [4.78, 5) is 15.5. The summed E-state index contributed by atoms with van der Waals surface area (Å²) in [6.07, 6.45) is 0.136. The van der Waals surface area contributed by atoms with Crippen molar-refractivity contribution in [3.8, 4) is 0 Å². The van der Waals surface area contributed by atoms with Crippen LogP contribution in [0.2, 0.25) is 0 Å². The lowest BCUT2D eigenvalue weighted by Gasteiger charge is -2.44. The van der Waals surface area contributed by atoms with E-state index in [1.807, 2.05) is 13.8 Å². The summed E-state index contributed by atoms with van der Waals surface area (Å²) >= 11 is 0. The fourth-order valence-electron chi connectivity index (χ4n) is 2.25. The quantitative estimate of drug-likeness (QED) is 0.737. The first-order valence-corrected chi connectivity index (χ1v) is 6.21. The molecule has 0 aliphatic carbocycles. The van der Waals surface area contributed by atoms with E-state index in [0.717, 1.165) is 26.2 Å². The number of nitrogens with zero attached hydrogens (tertiary/aromatic N) is 2. The van der Waals surface area contributed by atoms with Crippen molar-refractivity contribution in [2.45, 2.75) is 25.8 Å². The van der Waals surface area contributed by atoms with Crippen molar-refractivity contribution in [3.05, 3.63) is 0 Å². The number of ether oxygens (including phenoxy) is 1. The molecule has 1 aliphatic heterocycles. The van der Waals surface area contributed by atoms with Crippen molar-refractivity contribution in [2.24, 2.45) is 0 Å². The van der Waals surface area contributed by atoms with E-state index in [4.69, 9.17) is 9.84 Å². The van der Waals surface area contributed by atoms with Crippen LogP contribution in [0.3, 0.4) is 0 Å². The molecule has 0 bridgehead atoms. The lowest BCUT2D eigenvalue weighted by atomic mass is 9.95. The molecule has 0 radical (unpaired) electrons. The predicted molar refractivity (Wildman–Crippen MR) is 66.2 cm³/mol. The number of hydrogen-bond acceptors (Lipinski definition) is 4. The molecular formula is C12H24N2O3. The molecule has 0 saturated carbocycles. The summed E-state index contributed by atoms with van der Waals surface area (Å²) in [5.41, 5.74) is -0.386. The molecule has 1 unspecified atom stereocenters. The first kappa shape index (κ1) is 14.4. The number of hydrogen-bond donors (Lipinski definition) is 1. The van der Waals surface area contributed by atoms with Crippen LogP contribution in [0.1, 0.15) is 20.3 Å². The molecule has 1 rings (SSSR count). The largest absolute Gasteiger partial charge is 0.481 e. The maximum Gasteiger partial charge on any atom is 0.305 e. The van der Waals surface area contributed by atoms with Gasteiger partial charge in [0.25, 0.3) is 0 Å². The van der Waals surface area contributed by atoms with Crippen LogP contribution in [0, 0.1) is 0 Å². The van der Waals surface area contributed by atoms with Crippen LogP contribution in [0.25, 0.3) is 0 Å². The molecule has 1 saturated heterocycles. The number of aliphatic carboxylic acids is 1. The number of carboxylic acid groups (broad SMARTS) is 1. The minimum Gasteiger partial charge on any atom is -0.481 e. The second-order valence-electron chi connectivity index (χ2n) is 4.99. The Labute approximate surface area is 103 Å². The summed E-state index contributed by atoms with van der Waals surface area (Å²) in [5.74, 6) is -0.758. The van der Waals surface area contributed by atoms with Gasteiger partial charge < -0.3 is 14.7 Å². The van der Waals surface area contributed by atoms with E-state index in [9.17, 15) is 4.79 Å². The van der Waals surface area contributed by atoms with Crippen molar-refractivity contribution in [1.82, 2.24) is 9.80 Å². The topological polar surface area (TPSA) is 53.0 Å². The smallest absolute Gasteiger partial charge is 0.305 e. The molecule has 1 fully saturated rings. The molecule has 17 heavy (non-hydrogen) atoms. The highest BCUT2D eigenvalue weighted by Crippen LogP contribution is 2.22. The minimum absolute atomic E-state index is 0.136. The van der Waals surface area contributed by atoms with Gasteiger partial charge in [-0.05, 0) is 20.9 Å². The average molecular weight is 244 g/mol. The van der Waals surface area contributed by atoms with Crippen LogP contribution in [0.5, 0.6) is 0 Å². The molecule has 1 heterocycles. The first-order valence-electron chi connectivity index (χ1n) is 6.21. The van der Waals surface area contributed by atoms with Crippen LogP contribution >= 0.6 is 0 Å². The molecule has 5 nitrogen and oxygen atoms in total. The van der Waals surface area contributed by atoms with E-state index in [1.165, 1.54) is 0 Å². The Bertz CT molecular complexity index is 252. The molecular weight excluding hydrogens is 220 g/mol. The molecule has 0 aromatic carbocycles. The molecule has 1 N–H and O–H groups in total. The van der Waals surface area contributed by atoms with Gasteiger partial charge in [-0.15, -0.1) is 0 Å². The number of rotatable bonds is 6. The molecule has 0 spiro atoms. The highest BCUT2D eigenvalue weighted by Gasteiger charge is 2.35. The summed E-state index contributed by atoms with van der Waals surface area (Å²) in [6, 6.07) is 0. The standard InChI is InChI=1S/C12H24N2O3/c1-4-17-10-12(2,9-11(15)16)14-7-5-13(3)6-8-14/h4-10H2,1-3H3,(H,15,16). The van der Waals surface area contributed by atoms with Gasteiger partial charge in [-0.25, -0.2) is 0 Å². The SMILES string of the molecule is CCOCC(C)(CC(=O)O)N1CCN(C)CC1. The minimum atomic E-state index is -0.758. The Morgan fingerprint density at radius 2 is 1.94 bits per heavy atom. The zero-order valence-corrected chi connectivity index (χ0v) is 11.1. The van der Waals surface area contributed by atoms with Gasteiger partial charge in [0.1, 0.15) is 0 Å². The summed E-state index contributed by atoms with van der Waals surface area (Å²) in [6.45, 7) is 8.83. The molecule has 100 valence electrons. The number of carboxylic acids is 1. The maximum atomic E-state index is 11.0. The molecule has 0 aromatic rings. The fourth-order valence-corrected chi connectivity index (χ4v) is 2.25. The van der Waals surface area contributed by atoms with Gasteiger partial charge in [0.15, 0.2) is 0 Å². The third-order valence-corrected chi connectivity index (χ3v) is 3.42. The van der Waals surface area contributed by atoms with Gasteiger partial charge in [0.2, 0.25) is 0 Å². The molecule has 1 aliphatic rings. The van der Waals surface area contributed by atoms with Gasteiger partial charge in [0, 0.05) is 32.8 Å². The van der Waals surface area contributed by atoms with E-state index in [1.54, 1.807) is 0 Å². The number of likely N-dealkylation sites (N-methyl/N-ethyl adjacent to an activating group) is 1. The van der Waals surface area contributed by atoms with Gasteiger partial charge in [-0.3, -0.25) is 9.69 Å². The lowest BCUT2D eigenvalue weighted by molar-refractivity contribution is -0.142. The molecule has 5 heteroatoms. The van der Waals surface area contributed by atoms with Crippen LogP contribution in [0.15, 0.2) is 0 Å². The molecule has 0 aromatic heterocycles. The van der Waals surface area contributed by atoms with Gasteiger partial charge in [0.05, 0.1) is 18.6 Å². The van der Waals surface area contributed by atoms with Crippen molar-refractivity contribution < 1.29 is 14.6 Å². The maximum absolute atomic E-state index is 11.0. The van der Waals surface area contributed by atoms with E-state index >= 15 is 0 Å². The Hall–Kier alpha value is -0.650. The second kappa shape index (κ2) is 6.33. The van der Waals surface area contributed by atoms with E-state index < -0.39 is 5.97 Å². The normalized spacial score (nSPS) is 22.3. The Balaban J connectivity index is 2.63. The highest BCUT2D eigenvalue weighted by atomic mass is 16.5. The molecule has 0 amide bonds. The summed E-state index contributed by atoms with van der Waals surface area (Å²) in [7, 11) is 2.09. The predicted octanol–water partition coefficient (Wildman–Crippen LogP) is 0.504. The van der Waals surface area contributed by atoms with Crippen molar-refractivity contribution in [3.63, 3.8) is 0 Å². The Morgan fingerprint density at radius 1 is 1.35 bits per heavy atom. The van der Waals surface area contributed by atoms with Crippen LogP contribution in [0.4, 0.5) is 0 Å². The van der Waals surface area contributed by atoms with E-state index in [0.29, 0.717) is 13.2 Å². The highest BCUT2D eigenvalue weighted by molar-refractivity contribution is 5.68. The van der Waals surface area contributed by atoms with Gasteiger partial charge in [-0.2, -0.15) is 0 Å². The number of piperazine rings is 1. The van der Waals surface area contributed by atoms with E-state index in [2.05, 4.69) is 16.8 Å². The van der Waals surface area contributed by atoms with Crippen LogP contribution in [-0.4, -0.2) is 72.9 Å². The molecule has 1 atom stereocenters. The third-order valence-electron chi connectivity index (χ3n) is 3.42. The summed E-state index contributed by atoms with van der Waals surface area (Å²) in [5, 5.41) is 9.04. The van der Waals surface area contributed by atoms with Crippen molar-refractivity contribution in [2.75, 3.05) is 46.4 Å². The lowest BCUT2D eigenvalue weighted by Crippen LogP contribution is -2.57. The zero-order chi connectivity index (χ0) is 12.9. The van der Waals surface area contributed by atoms with Gasteiger partial charge in [-0.1, -0.05) is 0 Å². The monoisotopic (exact) mass is 244 g/mol. The first-order chi connectivity index (χ1) is 7.98. The van der Waals surface area contributed by atoms with Crippen LogP contribution in [-0.2, 0) is 9.53 Å². The zero-order valence-electron chi connectivity index (χ0n) is 11.1. The average Bonchev–Trinajstić information content (AvgIpc) is 2.26. The van der Waals surface area contributed by atoms with Crippen molar-refractivity contribution in [1.29, 1.82) is 0 Å². The fraction of sp³-hybridized carbons (Fsp3) is 0.917. The Kier molecular flexibility index (Phi) is 5.36. The number of carbonyl (C=O) groups is 1. The summed E-state index contributed by atoms with van der Waals surface area (Å²) < 4.78 is 5.46. The van der Waals surface area contributed by atoms with E-state index in [-0.39, 0.29) is 12.0 Å². The van der Waals surface area contributed by atoms with Crippen molar-refractivity contribution >= 4 is 5.97 Å². The van der Waals surface area contributed by atoms with Gasteiger partial charge >= 0.3 is 5.97 Å². The third kappa shape index (κ3) is 4.26. The van der Waals surface area contributed by atoms with Crippen LogP contribution < -0.4 is 0 Å². The Morgan fingerprint density at radius 3 is 2.41 bits per heavy atom. The second-order valence-corrected chi connectivity index (χ2v) is 4.99.